The first-order valence-corrected chi connectivity index (χ1v) is 7.42. The maximum absolute atomic E-state index is 11.8. The fourth-order valence-electron chi connectivity index (χ4n) is 2.79. The number of carbonyl (C=O) groups is 1. The van der Waals surface area contributed by atoms with Gasteiger partial charge in [0.2, 0.25) is 13.2 Å². The molecule has 1 amide bonds. The summed E-state index contributed by atoms with van der Waals surface area (Å²) in [6, 6.07) is 11.2. The Hall–Kier alpha value is -3.02. The van der Waals surface area contributed by atoms with E-state index in [0.29, 0.717) is 17.2 Å². The number of anilines is 2. The minimum Gasteiger partial charge on any atom is -0.454 e. The Bertz CT molecular complexity index is 888. The summed E-state index contributed by atoms with van der Waals surface area (Å²) in [7, 11) is 0. The molecule has 0 radical (unpaired) electrons. The number of aromatic nitrogens is 2. The highest BCUT2D eigenvalue weighted by Crippen LogP contribution is 2.38. The van der Waals surface area contributed by atoms with Crippen molar-refractivity contribution >= 4 is 23.6 Å². The van der Waals surface area contributed by atoms with Crippen LogP contribution in [0.5, 0.6) is 11.5 Å². The number of ether oxygens (including phenoxy) is 2. The number of fused-ring (bicyclic) bond motifs is 2. The number of rotatable bonds is 4. The Kier molecular flexibility index (Phi) is 3.15. The summed E-state index contributed by atoms with van der Waals surface area (Å²) in [5.74, 6) is 2.08. The molecular weight excluding hydrogens is 294 g/mol. The highest BCUT2D eigenvalue weighted by molar-refractivity contribution is 5.87. The molecule has 3 aromatic rings. The van der Waals surface area contributed by atoms with Gasteiger partial charge in [0, 0.05) is 12.3 Å². The Labute approximate surface area is 132 Å². The molecule has 0 saturated heterocycles. The molecular formula is C17H15N3O3. The van der Waals surface area contributed by atoms with Gasteiger partial charge >= 0.3 is 0 Å². The van der Waals surface area contributed by atoms with Crippen LogP contribution in [0.2, 0.25) is 0 Å². The third kappa shape index (κ3) is 2.11. The van der Waals surface area contributed by atoms with Gasteiger partial charge in [0.1, 0.15) is 11.5 Å². The molecule has 6 nitrogen and oxygen atoms in total. The van der Waals surface area contributed by atoms with Crippen molar-refractivity contribution in [3.8, 4) is 11.5 Å². The maximum atomic E-state index is 11.8. The van der Waals surface area contributed by atoms with E-state index in [1.54, 1.807) is 11.0 Å². The molecule has 2 aromatic heterocycles. The highest BCUT2D eigenvalue weighted by atomic mass is 16.7. The van der Waals surface area contributed by atoms with Gasteiger partial charge in [-0.1, -0.05) is 13.0 Å². The van der Waals surface area contributed by atoms with Crippen LogP contribution in [0.3, 0.4) is 0 Å². The van der Waals surface area contributed by atoms with Crippen molar-refractivity contribution < 1.29 is 14.3 Å². The predicted octanol–water partition coefficient (Wildman–Crippen LogP) is 2.92. The molecule has 1 aliphatic rings. The lowest BCUT2D eigenvalue weighted by atomic mass is 10.2. The van der Waals surface area contributed by atoms with Gasteiger partial charge in [-0.15, -0.1) is 0 Å². The molecule has 1 aliphatic heterocycles. The SMILES string of the molecule is CCc1nc2ccccn2c1N(C=O)c1ccc2c(c1)OCO2. The average molecular weight is 309 g/mol. The van der Waals surface area contributed by atoms with Crippen molar-refractivity contribution in [3.05, 3.63) is 48.3 Å². The summed E-state index contributed by atoms with van der Waals surface area (Å²) >= 11 is 0. The average Bonchev–Trinajstić information content (AvgIpc) is 3.20. The van der Waals surface area contributed by atoms with E-state index in [9.17, 15) is 4.79 Å². The predicted molar refractivity (Wildman–Crippen MR) is 85.3 cm³/mol. The van der Waals surface area contributed by atoms with Crippen molar-refractivity contribution in [3.63, 3.8) is 0 Å². The topological polar surface area (TPSA) is 56.1 Å². The standard InChI is InChI=1S/C17H15N3O3/c1-2-13-17(19-8-4-3-5-16(19)18-13)20(10-21)12-6-7-14-15(9-12)23-11-22-14/h3-10H,2,11H2,1H3. The van der Waals surface area contributed by atoms with Crippen molar-refractivity contribution in [1.29, 1.82) is 0 Å². The van der Waals surface area contributed by atoms with Gasteiger partial charge in [-0.25, -0.2) is 4.98 Å². The minimum atomic E-state index is 0.204. The van der Waals surface area contributed by atoms with Crippen LogP contribution >= 0.6 is 0 Å². The van der Waals surface area contributed by atoms with Gasteiger partial charge < -0.3 is 9.47 Å². The summed E-state index contributed by atoms with van der Waals surface area (Å²) in [6.45, 7) is 2.23. The maximum Gasteiger partial charge on any atom is 0.231 e. The second kappa shape index (κ2) is 5.31. The summed E-state index contributed by atoms with van der Waals surface area (Å²) in [4.78, 5) is 18.0. The second-order valence-corrected chi connectivity index (χ2v) is 5.18. The van der Waals surface area contributed by atoms with Crippen molar-refractivity contribution in [2.24, 2.45) is 0 Å². The number of aryl methyl sites for hydroxylation is 1. The third-order valence-corrected chi connectivity index (χ3v) is 3.88. The summed E-state index contributed by atoms with van der Waals surface area (Å²) in [6.07, 6.45) is 3.43. The molecule has 0 fully saturated rings. The van der Waals surface area contributed by atoms with Crippen molar-refractivity contribution in [2.45, 2.75) is 13.3 Å². The van der Waals surface area contributed by atoms with E-state index in [1.807, 2.05) is 47.9 Å². The lowest BCUT2D eigenvalue weighted by Crippen LogP contribution is -2.17. The van der Waals surface area contributed by atoms with Gasteiger partial charge in [0.25, 0.3) is 0 Å². The van der Waals surface area contributed by atoms with Crippen LogP contribution in [0, 0.1) is 0 Å². The van der Waals surface area contributed by atoms with Crippen LogP contribution in [0.15, 0.2) is 42.6 Å². The van der Waals surface area contributed by atoms with Gasteiger partial charge in [-0.3, -0.25) is 14.1 Å². The lowest BCUT2D eigenvalue weighted by Gasteiger charge is -2.18. The number of pyridine rings is 1. The van der Waals surface area contributed by atoms with Crippen molar-refractivity contribution in [1.82, 2.24) is 9.38 Å². The zero-order valence-corrected chi connectivity index (χ0v) is 12.6. The normalized spacial score (nSPS) is 12.6. The van der Waals surface area contributed by atoms with Crippen molar-refractivity contribution in [2.75, 3.05) is 11.7 Å². The number of hydrogen-bond acceptors (Lipinski definition) is 4. The molecule has 0 atom stereocenters. The van der Waals surface area contributed by atoms with E-state index in [4.69, 9.17) is 9.47 Å². The molecule has 1 aromatic carbocycles. The fourth-order valence-corrected chi connectivity index (χ4v) is 2.79. The summed E-state index contributed by atoms with van der Waals surface area (Å²) < 4.78 is 12.6. The zero-order valence-electron chi connectivity index (χ0n) is 12.6. The Morgan fingerprint density at radius 1 is 1.26 bits per heavy atom. The molecule has 3 heterocycles. The molecule has 0 unspecified atom stereocenters. The molecule has 0 N–H and O–H groups in total. The van der Waals surface area contributed by atoms with Crippen LogP contribution in [-0.4, -0.2) is 22.6 Å². The fraction of sp³-hybridized carbons (Fsp3) is 0.176. The molecule has 0 bridgehead atoms. The number of carbonyl (C=O) groups excluding carboxylic acids is 1. The largest absolute Gasteiger partial charge is 0.454 e. The monoisotopic (exact) mass is 309 g/mol. The first-order valence-electron chi connectivity index (χ1n) is 7.42. The van der Waals surface area contributed by atoms with Gasteiger partial charge in [-0.05, 0) is 30.7 Å². The minimum absolute atomic E-state index is 0.204. The van der Waals surface area contributed by atoms with Gasteiger partial charge in [0.05, 0.1) is 11.4 Å². The van der Waals surface area contributed by atoms with Gasteiger partial charge in [0.15, 0.2) is 11.5 Å². The highest BCUT2D eigenvalue weighted by Gasteiger charge is 2.21. The quantitative estimate of drug-likeness (QED) is 0.695. The number of hydrogen-bond donors (Lipinski definition) is 0. The summed E-state index contributed by atoms with van der Waals surface area (Å²) in [5, 5.41) is 0. The van der Waals surface area contributed by atoms with Crippen LogP contribution in [0.4, 0.5) is 11.5 Å². The van der Waals surface area contributed by atoms with E-state index < -0.39 is 0 Å². The summed E-state index contributed by atoms with van der Waals surface area (Å²) in [5.41, 5.74) is 2.39. The lowest BCUT2D eigenvalue weighted by molar-refractivity contribution is -0.106. The molecule has 0 spiro atoms. The first-order chi connectivity index (χ1) is 11.3. The Morgan fingerprint density at radius 3 is 2.96 bits per heavy atom. The van der Waals surface area contributed by atoms with Crippen LogP contribution in [0.1, 0.15) is 12.6 Å². The van der Waals surface area contributed by atoms with E-state index in [-0.39, 0.29) is 6.79 Å². The van der Waals surface area contributed by atoms with Gasteiger partial charge in [-0.2, -0.15) is 0 Å². The molecule has 116 valence electrons. The van der Waals surface area contributed by atoms with E-state index in [1.165, 1.54) is 0 Å². The number of imidazole rings is 1. The van der Waals surface area contributed by atoms with E-state index in [0.717, 1.165) is 30.0 Å². The molecule has 6 heteroatoms. The Morgan fingerprint density at radius 2 is 2.13 bits per heavy atom. The molecule has 4 rings (SSSR count). The van der Waals surface area contributed by atoms with Crippen LogP contribution < -0.4 is 14.4 Å². The van der Waals surface area contributed by atoms with E-state index >= 15 is 0 Å². The van der Waals surface area contributed by atoms with Crippen LogP contribution in [0.25, 0.3) is 5.65 Å². The molecule has 0 aliphatic carbocycles. The Balaban J connectivity index is 1.89. The number of benzene rings is 1. The third-order valence-electron chi connectivity index (χ3n) is 3.88. The van der Waals surface area contributed by atoms with Crippen LogP contribution in [-0.2, 0) is 11.2 Å². The second-order valence-electron chi connectivity index (χ2n) is 5.18. The molecule has 23 heavy (non-hydrogen) atoms. The number of nitrogens with zero attached hydrogens (tertiary/aromatic N) is 3. The smallest absolute Gasteiger partial charge is 0.231 e. The zero-order chi connectivity index (χ0) is 15.8. The van der Waals surface area contributed by atoms with E-state index in [2.05, 4.69) is 4.98 Å². The molecule has 0 saturated carbocycles. The first kappa shape index (κ1) is 13.6. The number of amides is 1.